The van der Waals surface area contributed by atoms with Crippen molar-refractivity contribution in [1.82, 2.24) is 5.32 Å². The van der Waals surface area contributed by atoms with E-state index in [2.05, 4.69) is 5.32 Å². The van der Waals surface area contributed by atoms with E-state index < -0.39 is 0 Å². The third kappa shape index (κ3) is 4.12. The van der Waals surface area contributed by atoms with Crippen molar-refractivity contribution in [2.75, 3.05) is 13.7 Å². The molecule has 3 aromatic carbocycles. The number of nitrogens with one attached hydrogen (secondary N) is 1. The average molecular weight is 354 g/mol. The van der Waals surface area contributed by atoms with Crippen LogP contribution < -0.4 is 10.1 Å². The van der Waals surface area contributed by atoms with Gasteiger partial charge in [0.25, 0.3) is 5.91 Å². The van der Waals surface area contributed by atoms with Gasteiger partial charge in [-0.25, -0.2) is 0 Å². The summed E-state index contributed by atoms with van der Waals surface area (Å²) in [6.07, 6.45) is 1.65. The largest absolute Gasteiger partial charge is 0.496 e. The summed E-state index contributed by atoms with van der Waals surface area (Å²) >= 11 is 6.15. The Bertz CT molecular complexity index is 892. The first kappa shape index (κ1) is 17.3. The molecule has 0 unspecified atom stereocenters. The van der Waals surface area contributed by atoms with E-state index in [4.69, 9.17) is 16.3 Å². The van der Waals surface area contributed by atoms with Crippen molar-refractivity contribution in [3.8, 4) is 5.75 Å². The predicted molar refractivity (Wildman–Crippen MR) is 103 cm³/mol. The second-order valence-corrected chi connectivity index (χ2v) is 6.26. The van der Waals surface area contributed by atoms with Crippen molar-refractivity contribution in [1.29, 1.82) is 0 Å². The number of carbonyl (C=O) groups is 1. The lowest BCUT2D eigenvalue weighted by molar-refractivity contribution is 0.0950. The number of halogens is 1. The van der Waals surface area contributed by atoms with Crippen molar-refractivity contribution in [2.24, 2.45) is 0 Å². The molecule has 0 saturated heterocycles. The summed E-state index contributed by atoms with van der Waals surface area (Å²) < 4.78 is 5.39. The van der Waals surface area contributed by atoms with Crippen LogP contribution in [0.2, 0.25) is 5.02 Å². The van der Waals surface area contributed by atoms with E-state index in [0.29, 0.717) is 17.9 Å². The number of ether oxygens (including phenoxy) is 1. The fraction of sp³-hybridized carbons (Fsp3) is 0.190. The first-order valence-electron chi connectivity index (χ1n) is 8.27. The molecule has 0 fully saturated rings. The van der Waals surface area contributed by atoms with Crippen LogP contribution in [0.4, 0.5) is 0 Å². The topological polar surface area (TPSA) is 38.3 Å². The maximum absolute atomic E-state index is 12.5. The van der Waals surface area contributed by atoms with Crippen molar-refractivity contribution in [3.05, 3.63) is 76.8 Å². The molecule has 0 bridgehead atoms. The highest BCUT2D eigenvalue weighted by Crippen LogP contribution is 2.26. The summed E-state index contributed by atoms with van der Waals surface area (Å²) in [4.78, 5) is 12.5. The van der Waals surface area contributed by atoms with Gasteiger partial charge in [-0.3, -0.25) is 4.79 Å². The molecule has 1 amide bonds. The van der Waals surface area contributed by atoms with Crippen LogP contribution in [0.5, 0.6) is 5.75 Å². The summed E-state index contributed by atoms with van der Waals surface area (Å²) in [7, 11) is 1.58. The number of amides is 1. The second-order valence-electron chi connectivity index (χ2n) is 5.85. The number of hydrogen-bond donors (Lipinski definition) is 1. The maximum Gasteiger partial charge on any atom is 0.255 e. The third-order valence-corrected chi connectivity index (χ3v) is 4.55. The van der Waals surface area contributed by atoms with Crippen LogP contribution in [-0.2, 0) is 6.42 Å². The fourth-order valence-corrected chi connectivity index (χ4v) is 3.07. The van der Waals surface area contributed by atoms with Crippen molar-refractivity contribution < 1.29 is 9.53 Å². The smallest absolute Gasteiger partial charge is 0.255 e. The van der Waals surface area contributed by atoms with Crippen LogP contribution in [0.25, 0.3) is 10.8 Å². The Kier molecular flexibility index (Phi) is 5.56. The van der Waals surface area contributed by atoms with E-state index in [-0.39, 0.29) is 5.91 Å². The van der Waals surface area contributed by atoms with Crippen LogP contribution in [0.1, 0.15) is 22.3 Å². The highest BCUT2D eigenvalue weighted by Gasteiger charge is 2.13. The molecule has 0 aliphatic heterocycles. The minimum atomic E-state index is -0.123. The summed E-state index contributed by atoms with van der Waals surface area (Å²) in [5, 5.41) is 5.80. The van der Waals surface area contributed by atoms with Crippen LogP contribution in [0.3, 0.4) is 0 Å². The van der Waals surface area contributed by atoms with Gasteiger partial charge in [0.15, 0.2) is 0 Å². The molecule has 0 aliphatic carbocycles. The van der Waals surface area contributed by atoms with E-state index in [0.717, 1.165) is 34.2 Å². The zero-order valence-corrected chi connectivity index (χ0v) is 14.8. The molecule has 0 aromatic heterocycles. The highest BCUT2D eigenvalue weighted by molar-refractivity contribution is 6.31. The monoisotopic (exact) mass is 353 g/mol. The van der Waals surface area contributed by atoms with Crippen molar-refractivity contribution in [3.63, 3.8) is 0 Å². The Morgan fingerprint density at radius 2 is 1.72 bits per heavy atom. The van der Waals surface area contributed by atoms with Gasteiger partial charge in [0, 0.05) is 11.6 Å². The van der Waals surface area contributed by atoms with E-state index in [1.807, 2.05) is 60.7 Å². The zero-order chi connectivity index (χ0) is 17.6. The summed E-state index contributed by atoms with van der Waals surface area (Å²) in [6.45, 7) is 0.583. The van der Waals surface area contributed by atoms with E-state index in [1.165, 1.54) is 0 Å². The molecular weight excluding hydrogens is 334 g/mol. The molecule has 0 spiro atoms. The Balaban J connectivity index is 1.65. The quantitative estimate of drug-likeness (QED) is 0.642. The molecular formula is C21H20ClNO2. The first-order valence-corrected chi connectivity index (χ1v) is 8.65. The Morgan fingerprint density at radius 1 is 1.04 bits per heavy atom. The van der Waals surface area contributed by atoms with Gasteiger partial charge in [-0.15, -0.1) is 0 Å². The Labute approximate surface area is 152 Å². The molecule has 3 rings (SSSR count). The van der Waals surface area contributed by atoms with Gasteiger partial charge >= 0.3 is 0 Å². The number of methoxy groups -OCH3 is 1. The molecule has 0 heterocycles. The first-order chi connectivity index (χ1) is 12.2. The average Bonchev–Trinajstić information content (AvgIpc) is 2.65. The van der Waals surface area contributed by atoms with Gasteiger partial charge in [-0.1, -0.05) is 54.1 Å². The van der Waals surface area contributed by atoms with E-state index in [9.17, 15) is 4.79 Å². The lowest BCUT2D eigenvalue weighted by Gasteiger charge is -2.11. The van der Waals surface area contributed by atoms with Crippen molar-refractivity contribution >= 4 is 28.3 Å². The molecule has 4 heteroatoms. The molecule has 0 atom stereocenters. The molecule has 3 nitrogen and oxygen atoms in total. The van der Waals surface area contributed by atoms with E-state index in [1.54, 1.807) is 7.11 Å². The molecule has 3 aromatic rings. The lowest BCUT2D eigenvalue weighted by Crippen LogP contribution is -2.25. The van der Waals surface area contributed by atoms with Crippen molar-refractivity contribution in [2.45, 2.75) is 12.8 Å². The normalized spacial score (nSPS) is 10.6. The third-order valence-electron chi connectivity index (χ3n) is 4.18. The Morgan fingerprint density at radius 3 is 2.44 bits per heavy atom. The van der Waals surface area contributed by atoms with E-state index >= 15 is 0 Å². The molecule has 128 valence electrons. The number of benzene rings is 3. The standard InChI is InChI=1S/C21H20ClNO2/c1-25-20-14-17-9-3-2-8-16(17)13-18(20)21(24)23-12-6-10-15-7-4-5-11-19(15)22/h2-5,7-9,11,13-14H,6,10,12H2,1H3,(H,23,24). The SMILES string of the molecule is COc1cc2ccccc2cc1C(=O)NCCCc1ccccc1Cl. The highest BCUT2D eigenvalue weighted by atomic mass is 35.5. The lowest BCUT2D eigenvalue weighted by atomic mass is 10.1. The van der Waals surface area contributed by atoms with Gasteiger partial charge in [-0.05, 0) is 47.4 Å². The summed E-state index contributed by atoms with van der Waals surface area (Å²) in [6, 6.07) is 19.5. The minimum absolute atomic E-state index is 0.123. The second kappa shape index (κ2) is 8.04. The van der Waals surface area contributed by atoms with Crippen LogP contribution in [-0.4, -0.2) is 19.6 Å². The fourth-order valence-electron chi connectivity index (χ4n) is 2.84. The maximum atomic E-state index is 12.5. The predicted octanol–water partition coefficient (Wildman–Crippen LogP) is 4.86. The molecule has 0 aliphatic rings. The number of rotatable bonds is 6. The van der Waals surface area contributed by atoms with Gasteiger partial charge < -0.3 is 10.1 Å². The molecule has 25 heavy (non-hydrogen) atoms. The summed E-state index contributed by atoms with van der Waals surface area (Å²) in [5.74, 6) is 0.462. The molecule has 1 N–H and O–H groups in total. The number of carbonyl (C=O) groups excluding carboxylic acids is 1. The number of hydrogen-bond acceptors (Lipinski definition) is 2. The van der Waals surface area contributed by atoms with Gasteiger partial charge in [-0.2, -0.15) is 0 Å². The van der Waals surface area contributed by atoms with Gasteiger partial charge in [0.1, 0.15) is 5.75 Å². The zero-order valence-electron chi connectivity index (χ0n) is 14.1. The van der Waals surface area contributed by atoms with Gasteiger partial charge in [0.2, 0.25) is 0 Å². The molecule has 0 radical (unpaired) electrons. The number of fused-ring (bicyclic) bond motifs is 1. The van der Waals surface area contributed by atoms with Gasteiger partial charge in [0.05, 0.1) is 12.7 Å². The number of aryl methyl sites for hydroxylation is 1. The summed E-state index contributed by atoms with van der Waals surface area (Å²) in [5.41, 5.74) is 1.65. The molecule has 0 saturated carbocycles. The van der Waals surface area contributed by atoms with Crippen LogP contribution >= 0.6 is 11.6 Å². The van der Waals surface area contributed by atoms with Crippen LogP contribution in [0, 0.1) is 0 Å². The van der Waals surface area contributed by atoms with Crippen LogP contribution in [0.15, 0.2) is 60.7 Å². The minimum Gasteiger partial charge on any atom is -0.496 e. The Hall–Kier alpha value is -2.52.